The van der Waals surface area contributed by atoms with Crippen LogP contribution in [0.1, 0.15) is 38.3 Å². The van der Waals surface area contributed by atoms with Crippen LogP contribution in [0.2, 0.25) is 0 Å². The van der Waals surface area contributed by atoms with E-state index in [1.165, 1.54) is 12.7 Å². The summed E-state index contributed by atoms with van der Waals surface area (Å²) >= 11 is 0. The molecule has 106 valence electrons. The lowest BCUT2D eigenvalue weighted by Gasteiger charge is -2.17. The molecule has 0 aliphatic rings. The highest BCUT2D eigenvalue weighted by Gasteiger charge is 2.08. The molecular weight excluding hydrogens is 242 g/mol. The normalized spacial score (nSPS) is 11.9. The van der Waals surface area contributed by atoms with Gasteiger partial charge in [-0.15, -0.1) is 0 Å². The standard InChI is InChI=1S/C15H23NO3/c1-4-10-16-14(5-2)12-6-8-13(9-7-12)19-11-15(17)18-3/h6-9,14,16H,4-5,10-11H2,1-3H3. The summed E-state index contributed by atoms with van der Waals surface area (Å²) in [6, 6.07) is 8.20. The number of ether oxygens (including phenoxy) is 2. The van der Waals surface area contributed by atoms with E-state index in [9.17, 15) is 4.79 Å². The Morgan fingerprint density at radius 1 is 1.26 bits per heavy atom. The Labute approximate surface area is 115 Å². The minimum atomic E-state index is -0.375. The molecule has 0 aliphatic carbocycles. The zero-order chi connectivity index (χ0) is 14.1. The van der Waals surface area contributed by atoms with Crippen molar-refractivity contribution in [1.29, 1.82) is 0 Å². The molecule has 1 N–H and O–H groups in total. The number of esters is 1. The molecule has 19 heavy (non-hydrogen) atoms. The highest BCUT2D eigenvalue weighted by molar-refractivity contribution is 5.70. The molecule has 0 aromatic heterocycles. The summed E-state index contributed by atoms with van der Waals surface area (Å²) < 4.78 is 9.83. The second-order valence-corrected chi connectivity index (χ2v) is 4.35. The van der Waals surface area contributed by atoms with Crippen LogP contribution >= 0.6 is 0 Å². The Kier molecular flexibility index (Phi) is 6.97. The summed E-state index contributed by atoms with van der Waals surface area (Å²) in [6.07, 6.45) is 2.17. The van der Waals surface area contributed by atoms with Gasteiger partial charge in [0.2, 0.25) is 0 Å². The predicted octanol–water partition coefficient (Wildman–Crippen LogP) is 2.69. The Hall–Kier alpha value is -1.55. The monoisotopic (exact) mass is 265 g/mol. The van der Waals surface area contributed by atoms with Gasteiger partial charge in [0, 0.05) is 6.04 Å². The molecule has 0 saturated heterocycles. The molecule has 0 spiro atoms. The van der Waals surface area contributed by atoms with Crippen molar-refractivity contribution in [2.24, 2.45) is 0 Å². The largest absolute Gasteiger partial charge is 0.482 e. The molecule has 1 unspecified atom stereocenters. The number of carbonyl (C=O) groups excluding carboxylic acids is 1. The molecule has 1 atom stereocenters. The Bertz CT molecular complexity index is 375. The molecule has 0 amide bonds. The van der Waals surface area contributed by atoms with E-state index in [1.807, 2.05) is 24.3 Å². The Morgan fingerprint density at radius 3 is 2.47 bits per heavy atom. The van der Waals surface area contributed by atoms with Crippen molar-refractivity contribution in [1.82, 2.24) is 5.32 Å². The third-order valence-electron chi connectivity index (χ3n) is 2.92. The fourth-order valence-electron chi connectivity index (χ4n) is 1.81. The molecular formula is C15H23NO3. The van der Waals surface area contributed by atoms with Crippen LogP contribution in [0.3, 0.4) is 0 Å². The van der Waals surface area contributed by atoms with Gasteiger partial charge in [-0.05, 0) is 37.1 Å². The van der Waals surface area contributed by atoms with Crippen molar-refractivity contribution in [2.45, 2.75) is 32.7 Å². The first-order valence-electron chi connectivity index (χ1n) is 6.74. The third-order valence-corrected chi connectivity index (χ3v) is 2.92. The molecule has 0 fully saturated rings. The van der Waals surface area contributed by atoms with Crippen LogP contribution in [0, 0.1) is 0 Å². The van der Waals surface area contributed by atoms with Gasteiger partial charge in [0.15, 0.2) is 6.61 Å². The third kappa shape index (κ3) is 5.30. The molecule has 0 aliphatic heterocycles. The van der Waals surface area contributed by atoms with Crippen LogP contribution < -0.4 is 10.1 Å². The van der Waals surface area contributed by atoms with Gasteiger partial charge < -0.3 is 14.8 Å². The van der Waals surface area contributed by atoms with Gasteiger partial charge in [0.1, 0.15) is 5.75 Å². The van der Waals surface area contributed by atoms with Crippen LogP contribution in [0.15, 0.2) is 24.3 Å². The average Bonchev–Trinajstić information content (AvgIpc) is 2.46. The average molecular weight is 265 g/mol. The van der Waals surface area contributed by atoms with E-state index >= 15 is 0 Å². The first kappa shape index (κ1) is 15.5. The Balaban J connectivity index is 2.56. The van der Waals surface area contributed by atoms with Gasteiger partial charge in [0.05, 0.1) is 7.11 Å². The lowest BCUT2D eigenvalue weighted by Crippen LogP contribution is -2.21. The number of carbonyl (C=O) groups is 1. The predicted molar refractivity (Wildman–Crippen MR) is 75.3 cm³/mol. The van der Waals surface area contributed by atoms with Crippen molar-refractivity contribution < 1.29 is 14.3 Å². The minimum Gasteiger partial charge on any atom is -0.482 e. The lowest BCUT2D eigenvalue weighted by atomic mass is 10.0. The number of hydrogen-bond acceptors (Lipinski definition) is 4. The van der Waals surface area contributed by atoms with Crippen LogP contribution in [0.4, 0.5) is 0 Å². The van der Waals surface area contributed by atoms with Crippen LogP contribution in [-0.4, -0.2) is 26.2 Å². The van der Waals surface area contributed by atoms with Gasteiger partial charge in [-0.1, -0.05) is 26.0 Å². The maximum atomic E-state index is 11.0. The molecule has 0 bridgehead atoms. The lowest BCUT2D eigenvalue weighted by molar-refractivity contribution is -0.142. The van der Waals surface area contributed by atoms with Gasteiger partial charge in [-0.25, -0.2) is 4.79 Å². The van der Waals surface area contributed by atoms with Crippen LogP contribution in [0.5, 0.6) is 5.75 Å². The minimum absolute atomic E-state index is 0.0544. The van der Waals surface area contributed by atoms with E-state index in [2.05, 4.69) is 23.9 Å². The molecule has 0 heterocycles. The SMILES string of the molecule is CCCNC(CC)c1ccc(OCC(=O)OC)cc1. The van der Waals surface area contributed by atoms with Crippen molar-refractivity contribution in [3.8, 4) is 5.75 Å². The summed E-state index contributed by atoms with van der Waals surface area (Å²) in [6.45, 7) is 5.28. The fraction of sp³-hybridized carbons (Fsp3) is 0.533. The number of rotatable bonds is 8. The maximum Gasteiger partial charge on any atom is 0.343 e. The molecule has 1 aromatic carbocycles. The highest BCUT2D eigenvalue weighted by Crippen LogP contribution is 2.20. The van der Waals surface area contributed by atoms with Crippen molar-refractivity contribution in [3.63, 3.8) is 0 Å². The number of methoxy groups -OCH3 is 1. The maximum absolute atomic E-state index is 11.0. The van der Waals surface area contributed by atoms with Crippen molar-refractivity contribution >= 4 is 5.97 Å². The van der Waals surface area contributed by atoms with E-state index < -0.39 is 0 Å². The highest BCUT2D eigenvalue weighted by atomic mass is 16.6. The summed E-state index contributed by atoms with van der Waals surface area (Å²) in [5, 5.41) is 3.50. The molecule has 4 heteroatoms. The van der Waals surface area contributed by atoms with Gasteiger partial charge >= 0.3 is 5.97 Å². The smallest absolute Gasteiger partial charge is 0.343 e. The van der Waals surface area contributed by atoms with Gasteiger partial charge in [-0.2, -0.15) is 0 Å². The first-order chi connectivity index (χ1) is 9.21. The Morgan fingerprint density at radius 2 is 1.95 bits per heavy atom. The van der Waals surface area contributed by atoms with E-state index in [0.717, 1.165) is 19.4 Å². The quantitative estimate of drug-likeness (QED) is 0.734. The summed E-state index contributed by atoms with van der Waals surface area (Å²) in [7, 11) is 1.35. The van der Waals surface area contributed by atoms with E-state index in [0.29, 0.717) is 11.8 Å². The van der Waals surface area contributed by atoms with Crippen LogP contribution in [0.25, 0.3) is 0 Å². The fourth-order valence-corrected chi connectivity index (χ4v) is 1.81. The number of nitrogens with one attached hydrogen (secondary N) is 1. The molecule has 0 saturated carbocycles. The zero-order valence-electron chi connectivity index (χ0n) is 11.9. The van der Waals surface area contributed by atoms with Crippen molar-refractivity contribution in [2.75, 3.05) is 20.3 Å². The second-order valence-electron chi connectivity index (χ2n) is 4.35. The van der Waals surface area contributed by atoms with Gasteiger partial charge in [-0.3, -0.25) is 0 Å². The zero-order valence-corrected chi connectivity index (χ0v) is 11.9. The molecule has 4 nitrogen and oxygen atoms in total. The van der Waals surface area contributed by atoms with Gasteiger partial charge in [0.25, 0.3) is 0 Å². The molecule has 1 aromatic rings. The van der Waals surface area contributed by atoms with E-state index in [-0.39, 0.29) is 12.6 Å². The number of benzene rings is 1. The van der Waals surface area contributed by atoms with E-state index in [4.69, 9.17) is 4.74 Å². The number of hydrogen-bond donors (Lipinski definition) is 1. The van der Waals surface area contributed by atoms with Crippen molar-refractivity contribution in [3.05, 3.63) is 29.8 Å². The first-order valence-corrected chi connectivity index (χ1v) is 6.74. The van der Waals surface area contributed by atoms with E-state index in [1.54, 1.807) is 0 Å². The molecule has 0 radical (unpaired) electrons. The van der Waals surface area contributed by atoms with Crippen LogP contribution in [-0.2, 0) is 9.53 Å². The molecule has 1 rings (SSSR count). The topological polar surface area (TPSA) is 47.6 Å². The summed E-state index contributed by atoms with van der Waals surface area (Å²) in [5.41, 5.74) is 1.24. The summed E-state index contributed by atoms with van der Waals surface area (Å²) in [4.78, 5) is 11.0. The summed E-state index contributed by atoms with van der Waals surface area (Å²) in [5.74, 6) is 0.305. The second kappa shape index (κ2) is 8.53.